The van der Waals surface area contributed by atoms with Gasteiger partial charge in [0.1, 0.15) is 5.76 Å². The monoisotopic (exact) mass is 296 g/mol. The second kappa shape index (κ2) is 5.61. The zero-order chi connectivity index (χ0) is 14.9. The Morgan fingerprint density at radius 3 is 2.82 bits per heavy atom. The quantitative estimate of drug-likeness (QED) is 0.946. The van der Waals surface area contributed by atoms with Gasteiger partial charge in [0.05, 0.1) is 18.8 Å². The van der Waals surface area contributed by atoms with E-state index in [1.807, 2.05) is 23.1 Å². The van der Waals surface area contributed by atoms with Gasteiger partial charge >= 0.3 is 0 Å². The third-order valence-electron chi connectivity index (χ3n) is 4.94. The van der Waals surface area contributed by atoms with Crippen molar-refractivity contribution in [1.29, 1.82) is 0 Å². The van der Waals surface area contributed by atoms with E-state index < -0.39 is 0 Å². The van der Waals surface area contributed by atoms with Crippen molar-refractivity contribution in [2.24, 2.45) is 5.92 Å². The smallest absolute Gasteiger partial charge is 0.240 e. The van der Waals surface area contributed by atoms with Crippen molar-refractivity contribution >= 4 is 5.91 Å². The third kappa shape index (κ3) is 2.33. The third-order valence-corrected chi connectivity index (χ3v) is 4.94. The van der Waals surface area contributed by atoms with Gasteiger partial charge in [0, 0.05) is 12.5 Å². The van der Waals surface area contributed by atoms with Crippen LogP contribution in [0.5, 0.6) is 0 Å². The van der Waals surface area contributed by atoms with Crippen molar-refractivity contribution in [3.63, 3.8) is 0 Å². The minimum absolute atomic E-state index is 0.0473. The summed E-state index contributed by atoms with van der Waals surface area (Å²) in [6.07, 6.45) is 2.74. The molecule has 1 aromatic heterocycles. The van der Waals surface area contributed by atoms with E-state index in [9.17, 15) is 4.79 Å². The first-order valence-corrected chi connectivity index (χ1v) is 7.92. The minimum Gasteiger partial charge on any atom is -0.467 e. The van der Waals surface area contributed by atoms with Crippen LogP contribution in [-0.2, 0) is 11.3 Å². The fourth-order valence-corrected chi connectivity index (χ4v) is 3.87. The Morgan fingerprint density at radius 2 is 2.05 bits per heavy atom. The zero-order valence-corrected chi connectivity index (χ0v) is 12.4. The van der Waals surface area contributed by atoms with Crippen molar-refractivity contribution in [2.75, 3.05) is 13.1 Å². The molecule has 1 aromatic carbocycles. The number of nitrogens with zero attached hydrogens (tertiary/aromatic N) is 1. The Hall–Kier alpha value is -2.07. The molecule has 114 valence electrons. The van der Waals surface area contributed by atoms with E-state index in [0.717, 1.165) is 25.3 Å². The number of benzene rings is 1. The van der Waals surface area contributed by atoms with Gasteiger partial charge in [-0.25, -0.2) is 0 Å². The normalized spacial score (nSPS) is 27.9. The molecule has 2 aliphatic rings. The number of likely N-dealkylation sites (tertiary alicyclic amines) is 1. The van der Waals surface area contributed by atoms with Crippen molar-refractivity contribution in [3.05, 3.63) is 60.1 Å². The van der Waals surface area contributed by atoms with Crippen LogP contribution < -0.4 is 5.32 Å². The molecule has 3 atom stereocenters. The maximum atomic E-state index is 12.7. The van der Waals surface area contributed by atoms with E-state index in [1.54, 1.807) is 6.26 Å². The number of hydrogen-bond acceptors (Lipinski definition) is 3. The summed E-state index contributed by atoms with van der Waals surface area (Å²) in [7, 11) is 0. The van der Waals surface area contributed by atoms with Gasteiger partial charge in [-0.05, 0) is 36.6 Å². The zero-order valence-electron chi connectivity index (χ0n) is 12.4. The minimum atomic E-state index is -0.0473. The number of hydrogen-bond donors (Lipinski definition) is 1. The van der Waals surface area contributed by atoms with E-state index in [-0.39, 0.29) is 11.9 Å². The average Bonchev–Trinajstić information content (AvgIpc) is 3.22. The Bertz CT molecular complexity index is 638. The van der Waals surface area contributed by atoms with E-state index in [2.05, 4.69) is 29.6 Å². The van der Waals surface area contributed by atoms with Gasteiger partial charge in [-0.15, -0.1) is 0 Å². The van der Waals surface area contributed by atoms with E-state index in [4.69, 9.17) is 4.42 Å². The summed E-state index contributed by atoms with van der Waals surface area (Å²) in [6.45, 7) is 2.26. The summed E-state index contributed by atoms with van der Waals surface area (Å²) < 4.78 is 5.42. The lowest BCUT2D eigenvalue weighted by molar-refractivity contribution is -0.138. The molecule has 1 amide bonds. The molecule has 0 bridgehead atoms. The maximum Gasteiger partial charge on any atom is 0.240 e. The second-order valence-corrected chi connectivity index (χ2v) is 6.20. The fourth-order valence-electron chi connectivity index (χ4n) is 3.87. The SMILES string of the molecule is O=C1C2NCCC2C(c2ccccc2)CN1Cc1ccco1. The molecule has 3 heterocycles. The van der Waals surface area contributed by atoms with Crippen LogP contribution in [0.3, 0.4) is 0 Å². The van der Waals surface area contributed by atoms with Crippen LogP contribution in [0.25, 0.3) is 0 Å². The standard InChI is InChI=1S/C18H20N2O2/c21-18-17-15(8-9-19-17)16(13-5-2-1-3-6-13)12-20(18)11-14-7-4-10-22-14/h1-7,10,15-17,19H,8-9,11-12H2. The van der Waals surface area contributed by atoms with Gasteiger partial charge in [0.25, 0.3) is 0 Å². The molecule has 2 aromatic rings. The molecule has 4 heteroatoms. The van der Waals surface area contributed by atoms with Gasteiger partial charge in [-0.3, -0.25) is 4.79 Å². The summed E-state index contributed by atoms with van der Waals surface area (Å²) in [5.41, 5.74) is 1.33. The van der Waals surface area contributed by atoms with E-state index in [1.165, 1.54) is 5.56 Å². The van der Waals surface area contributed by atoms with E-state index in [0.29, 0.717) is 18.4 Å². The van der Waals surface area contributed by atoms with Crippen molar-refractivity contribution < 1.29 is 9.21 Å². The lowest BCUT2D eigenvalue weighted by atomic mass is 9.78. The number of furan rings is 1. The second-order valence-electron chi connectivity index (χ2n) is 6.20. The van der Waals surface area contributed by atoms with Crippen LogP contribution >= 0.6 is 0 Å². The van der Waals surface area contributed by atoms with Gasteiger partial charge in [0.2, 0.25) is 5.91 Å². The first kappa shape index (κ1) is 13.6. The Labute approximate surface area is 130 Å². The van der Waals surface area contributed by atoms with Crippen LogP contribution in [0.1, 0.15) is 23.7 Å². The molecule has 2 saturated heterocycles. The summed E-state index contributed by atoms with van der Waals surface area (Å²) in [5, 5.41) is 3.40. The number of amides is 1. The van der Waals surface area contributed by atoms with Gasteiger partial charge in [-0.2, -0.15) is 0 Å². The summed E-state index contributed by atoms with van der Waals surface area (Å²) in [6, 6.07) is 14.3. The van der Waals surface area contributed by atoms with Gasteiger partial charge in [0.15, 0.2) is 0 Å². The van der Waals surface area contributed by atoms with Crippen molar-refractivity contribution in [1.82, 2.24) is 10.2 Å². The van der Waals surface area contributed by atoms with Gasteiger partial charge in [-0.1, -0.05) is 30.3 Å². The maximum absolute atomic E-state index is 12.7. The molecule has 2 fully saturated rings. The van der Waals surface area contributed by atoms with Crippen molar-refractivity contribution in [3.8, 4) is 0 Å². The van der Waals surface area contributed by atoms with Crippen LogP contribution in [0.15, 0.2) is 53.1 Å². The molecule has 0 spiro atoms. The molecule has 0 aliphatic carbocycles. The highest BCUT2D eigenvalue weighted by Crippen LogP contribution is 2.38. The molecular weight excluding hydrogens is 276 g/mol. The molecule has 0 radical (unpaired) electrons. The largest absolute Gasteiger partial charge is 0.467 e. The lowest BCUT2D eigenvalue weighted by Crippen LogP contribution is -2.54. The van der Waals surface area contributed by atoms with E-state index >= 15 is 0 Å². The Morgan fingerprint density at radius 1 is 1.18 bits per heavy atom. The van der Waals surface area contributed by atoms with Crippen molar-refractivity contribution in [2.45, 2.75) is 24.9 Å². The van der Waals surface area contributed by atoms with Gasteiger partial charge < -0.3 is 14.6 Å². The topological polar surface area (TPSA) is 45.5 Å². The number of carbonyl (C=O) groups excluding carboxylic acids is 1. The molecule has 4 nitrogen and oxygen atoms in total. The summed E-state index contributed by atoms with van der Waals surface area (Å²) in [4.78, 5) is 14.7. The highest BCUT2D eigenvalue weighted by Gasteiger charge is 2.45. The van der Waals surface area contributed by atoms with Crippen LogP contribution in [0, 0.1) is 5.92 Å². The fraction of sp³-hybridized carbons (Fsp3) is 0.389. The predicted octanol–water partition coefficient (Wildman–Crippen LogP) is 2.38. The van der Waals surface area contributed by atoms with Crippen LogP contribution in [0.4, 0.5) is 0 Å². The number of nitrogens with one attached hydrogen (secondary N) is 1. The first-order valence-electron chi connectivity index (χ1n) is 7.92. The van der Waals surface area contributed by atoms with Crippen LogP contribution in [0.2, 0.25) is 0 Å². The number of piperidine rings is 1. The molecule has 4 rings (SSSR count). The summed E-state index contributed by atoms with van der Waals surface area (Å²) in [5.74, 6) is 1.86. The number of rotatable bonds is 3. The highest BCUT2D eigenvalue weighted by molar-refractivity contribution is 5.84. The predicted molar refractivity (Wildman–Crippen MR) is 83.2 cm³/mol. The average molecular weight is 296 g/mol. The molecule has 2 aliphatic heterocycles. The number of carbonyl (C=O) groups is 1. The molecule has 1 N–H and O–H groups in total. The number of fused-ring (bicyclic) bond motifs is 1. The first-order chi connectivity index (χ1) is 10.8. The Balaban J connectivity index is 1.62. The highest BCUT2D eigenvalue weighted by atomic mass is 16.3. The molecular formula is C18H20N2O2. The molecule has 0 saturated carbocycles. The molecule has 3 unspecified atom stereocenters. The molecule has 22 heavy (non-hydrogen) atoms. The Kier molecular flexibility index (Phi) is 3.47. The summed E-state index contributed by atoms with van der Waals surface area (Å²) >= 11 is 0. The lowest BCUT2D eigenvalue weighted by Gasteiger charge is -2.40. The van der Waals surface area contributed by atoms with Crippen LogP contribution in [-0.4, -0.2) is 29.9 Å².